The summed E-state index contributed by atoms with van der Waals surface area (Å²) in [5, 5.41) is 12.1. The zero-order valence-corrected chi connectivity index (χ0v) is 12.3. The number of nitrogens with zero attached hydrogens (tertiary/aromatic N) is 4. The summed E-state index contributed by atoms with van der Waals surface area (Å²) in [5.74, 6) is 0. The molecule has 2 unspecified atom stereocenters. The number of nitrogens with one attached hydrogen (secondary N) is 1. The molecule has 2 heterocycles. The van der Waals surface area contributed by atoms with Crippen LogP contribution < -0.4 is 5.32 Å². The van der Waals surface area contributed by atoms with Crippen molar-refractivity contribution < 1.29 is 0 Å². The molecule has 112 valence electrons. The molecule has 0 aliphatic carbocycles. The van der Waals surface area contributed by atoms with Gasteiger partial charge in [-0.1, -0.05) is 12.2 Å². The monoisotopic (exact) mass is 285 g/mol. The van der Waals surface area contributed by atoms with Crippen LogP contribution in [0.5, 0.6) is 0 Å². The lowest BCUT2D eigenvalue weighted by atomic mass is 10.1. The van der Waals surface area contributed by atoms with E-state index in [0.717, 1.165) is 25.9 Å². The molecule has 0 aromatic carbocycles. The van der Waals surface area contributed by atoms with Crippen LogP contribution in [0.25, 0.3) is 0 Å². The van der Waals surface area contributed by atoms with E-state index in [0.29, 0.717) is 12.1 Å². The second-order valence-corrected chi connectivity index (χ2v) is 4.99. The van der Waals surface area contributed by atoms with Crippen LogP contribution in [-0.4, -0.2) is 32.7 Å². The molecule has 0 saturated carbocycles. The van der Waals surface area contributed by atoms with Crippen molar-refractivity contribution in [2.45, 2.75) is 24.9 Å². The molecule has 0 fully saturated rings. The predicted molar refractivity (Wildman–Crippen MR) is 85.0 cm³/mol. The Morgan fingerprint density at radius 1 is 0.905 bits per heavy atom. The van der Waals surface area contributed by atoms with Crippen LogP contribution in [0.3, 0.4) is 0 Å². The molecule has 5 heteroatoms. The van der Waals surface area contributed by atoms with E-state index in [4.69, 9.17) is 0 Å². The standard InChI is InChI=1S/C16H23N5/c1-3-7-15(20-11-5-9-18-20)13-17-14-16(8-4-2)21-12-6-10-19-21/h3-6,9-12,15-17H,1-2,7-8,13-14H2. The lowest BCUT2D eigenvalue weighted by molar-refractivity contribution is 0.380. The molecule has 0 radical (unpaired) electrons. The molecule has 0 bridgehead atoms. The first kappa shape index (κ1) is 15.3. The van der Waals surface area contributed by atoms with Crippen molar-refractivity contribution in [1.29, 1.82) is 0 Å². The van der Waals surface area contributed by atoms with Gasteiger partial charge in [0.05, 0.1) is 12.1 Å². The SMILES string of the molecule is C=CCC(CNCC(CC=C)n1cccn1)n1cccn1. The van der Waals surface area contributed by atoms with Gasteiger partial charge in [-0.15, -0.1) is 13.2 Å². The van der Waals surface area contributed by atoms with Crippen molar-refractivity contribution in [1.82, 2.24) is 24.9 Å². The molecule has 1 N–H and O–H groups in total. The summed E-state index contributed by atoms with van der Waals surface area (Å²) >= 11 is 0. The third kappa shape index (κ3) is 4.43. The molecule has 21 heavy (non-hydrogen) atoms. The van der Waals surface area contributed by atoms with Crippen molar-refractivity contribution in [3.05, 3.63) is 62.2 Å². The molecule has 0 aliphatic heterocycles. The zero-order valence-electron chi connectivity index (χ0n) is 12.3. The average Bonchev–Trinajstić information content (AvgIpc) is 3.18. The van der Waals surface area contributed by atoms with Crippen molar-refractivity contribution in [3.63, 3.8) is 0 Å². The van der Waals surface area contributed by atoms with Gasteiger partial charge in [0, 0.05) is 37.9 Å². The van der Waals surface area contributed by atoms with E-state index in [1.54, 1.807) is 12.4 Å². The van der Waals surface area contributed by atoms with Gasteiger partial charge in [-0.05, 0) is 25.0 Å². The largest absolute Gasteiger partial charge is 0.312 e. The quantitative estimate of drug-likeness (QED) is 0.683. The van der Waals surface area contributed by atoms with Gasteiger partial charge in [-0.2, -0.15) is 10.2 Å². The molecule has 0 saturated heterocycles. The van der Waals surface area contributed by atoms with E-state index in [1.807, 2.05) is 46.0 Å². The molecule has 0 spiro atoms. The summed E-state index contributed by atoms with van der Waals surface area (Å²) in [4.78, 5) is 0. The van der Waals surface area contributed by atoms with Gasteiger partial charge in [0.15, 0.2) is 0 Å². The summed E-state index contributed by atoms with van der Waals surface area (Å²) in [7, 11) is 0. The minimum atomic E-state index is 0.291. The smallest absolute Gasteiger partial charge is 0.0677 e. The van der Waals surface area contributed by atoms with Crippen molar-refractivity contribution in [3.8, 4) is 0 Å². The molecular weight excluding hydrogens is 262 g/mol. The van der Waals surface area contributed by atoms with Gasteiger partial charge < -0.3 is 5.32 Å². The van der Waals surface area contributed by atoms with Gasteiger partial charge >= 0.3 is 0 Å². The Hall–Kier alpha value is -2.14. The first-order valence-corrected chi connectivity index (χ1v) is 7.26. The second kappa shape index (κ2) is 8.21. The highest BCUT2D eigenvalue weighted by Crippen LogP contribution is 2.12. The number of aromatic nitrogens is 4. The normalized spacial score (nSPS) is 13.7. The van der Waals surface area contributed by atoms with E-state index in [9.17, 15) is 0 Å². The topological polar surface area (TPSA) is 47.7 Å². The molecule has 5 nitrogen and oxygen atoms in total. The molecule has 2 aromatic heterocycles. The van der Waals surface area contributed by atoms with Gasteiger partial charge in [0.25, 0.3) is 0 Å². The minimum absolute atomic E-state index is 0.291. The molecule has 0 amide bonds. The summed E-state index contributed by atoms with van der Waals surface area (Å²) < 4.78 is 3.95. The third-order valence-electron chi connectivity index (χ3n) is 3.44. The van der Waals surface area contributed by atoms with Crippen LogP contribution in [0, 0.1) is 0 Å². The predicted octanol–water partition coefficient (Wildman–Crippen LogP) is 2.60. The van der Waals surface area contributed by atoms with E-state index in [2.05, 4.69) is 28.7 Å². The Morgan fingerprint density at radius 3 is 1.71 bits per heavy atom. The molecule has 0 aliphatic rings. The lowest BCUT2D eigenvalue weighted by Gasteiger charge is -2.20. The minimum Gasteiger partial charge on any atom is -0.312 e. The van der Waals surface area contributed by atoms with Crippen LogP contribution in [0.2, 0.25) is 0 Å². The number of hydrogen-bond donors (Lipinski definition) is 1. The first-order chi connectivity index (χ1) is 10.3. The van der Waals surface area contributed by atoms with Crippen molar-refractivity contribution >= 4 is 0 Å². The highest BCUT2D eigenvalue weighted by Gasteiger charge is 2.12. The van der Waals surface area contributed by atoms with Crippen LogP contribution in [0.1, 0.15) is 24.9 Å². The van der Waals surface area contributed by atoms with Gasteiger partial charge in [0.2, 0.25) is 0 Å². The summed E-state index contributed by atoms with van der Waals surface area (Å²) in [6, 6.07) is 4.47. The van der Waals surface area contributed by atoms with Crippen LogP contribution in [-0.2, 0) is 0 Å². The Kier molecular flexibility index (Phi) is 5.97. The van der Waals surface area contributed by atoms with E-state index in [-0.39, 0.29) is 0 Å². The highest BCUT2D eigenvalue weighted by atomic mass is 15.3. The highest BCUT2D eigenvalue weighted by molar-refractivity contribution is 4.88. The Balaban J connectivity index is 1.88. The third-order valence-corrected chi connectivity index (χ3v) is 3.44. The van der Waals surface area contributed by atoms with Crippen molar-refractivity contribution in [2.75, 3.05) is 13.1 Å². The lowest BCUT2D eigenvalue weighted by Crippen LogP contribution is -2.31. The molecule has 2 atom stereocenters. The maximum Gasteiger partial charge on any atom is 0.0677 e. The maximum absolute atomic E-state index is 4.31. The number of hydrogen-bond acceptors (Lipinski definition) is 3. The van der Waals surface area contributed by atoms with Crippen LogP contribution in [0.4, 0.5) is 0 Å². The van der Waals surface area contributed by atoms with E-state index >= 15 is 0 Å². The molecular formula is C16H23N5. The fourth-order valence-electron chi connectivity index (χ4n) is 2.36. The van der Waals surface area contributed by atoms with Gasteiger partial charge in [-0.3, -0.25) is 9.36 Å². The number of rotatable bonds is 10. The van der Waals surface area contributed by atoms with E-state index in [1.165, 1.54) is 0 Å². The van der Waals surface area contributed by atoms with Crippen molar-refractivity contribution in [2.24, 2.45) is 0 Å². The summed E-state index contributed by atoms with van der Waals surface area (Å²) in [5.41, 5.74) is 0. The zero-order chi connectivity index (χ0) is 14.9. The molecule has 2 rings (SSSR count). The Labute approximate surface area is 126 Å². The molecule has 2 aromatic rings. The fraction of sp³-hybridized carbons (Fsp3) is 0.375. The first-order valence-electron chi connectivity index (χ1n) is 7.26. The van der Waals surface area contributed by atoms with Gasteiger partial charge in [-0.25, -0.2) is 0 Å². The number of allylic oxidation sites excluding steroid dienone is 2. The summed E-state index contributed by atoms with van der Waals surface area (Å²) in [6.07, 6.45) is 13.2. The fourth-order valence-corrected chi connectivity index (χ4v) is 2.36. The van der Waals surface area contributed by atoms with Gasteiger partial charge in [0.1, 0.15) is 0 Å². The summed E-state index contributed by atoms with van der Waals surface area (Å²) in [6.45, 7) is 9.35. The Morgan fingerprint density at radius 2 is 1.38 bits per heavy atom. The van der Waals surface area contributed by atoms with E-state index < -0.39 is 0 Å². The Bertz CT molecular complexity index is 467. The second-order valence-electron chi connectivity index (χ2n) is 4.99. The maximum atomic E-state index is 4.31. The average molecular weight is 285 g/mol. The van der Waals surface area contributed by atoms with Crippen LogP contribution >= 0.6 is 0 Å². The van der Waals surface area contributed by atoms with Crippen LogP contribution in [0.15, 0.2) is 62.2 Å².